The maximum absolute atomic E-state index is 12.7. The molecule has 1 atom stereocenters. The molecule has 1 fully saturated rings. The van der Waals surface area contributed by atoms with Gasteiger partial charge in [-0.15, -0.1) is 0 Å². The van der Waals surface area contributed by atoms with Crippen molar-refractivity contribution in [1.82, 2.24) is 15.5 Å². The second-order valence-corrected chi connectivity index (χ2v) is 8.86. The zero-order valence-corrected chi connectivity index (χ0v) is 17.3. The minimum absolute atomic E-state index is 0.0214. The molecule has 2 aromatic carbocycles. The Morgan fingerprint density at radius 3 is 2.14 bits per heavy atom. The lowest BCUT2D eigenvalue weighted by atomic mass is 9.82. The summed E-state index contributed by atoms with van der Waals surface area (Å²) in [5, 5.41) is 6.41. The molecule has 4 nitrogen and oxygen atoms in total. The highest BCUT2D eigenvalue weighted by Gasteiger charge is 2.29. The zero-order chi connectivity index (χ0) is 20.0. The van der Waals surface area contributed by atoms with Gasteiger partial charge in [0.15, 0.2) is 0 Å². The van der Waals surface area contributed by atoms with E-state index in [4.69, 9.17) is 0 Å². The summed E-state index contributed by atoms with van der Waals surface area (Å²) in [6, 6.07) is 21.0. The number of nitrogens with one attached hydrogen (secondary N) is 2. The highest BCUT2D eigenvalue weighted by Crippen LogP contribution is 2.32. The second-order valence-electron chi connectivity index (χ2n) is 8.86. The molecule has 1 aliphatic rings. The van der Waals surface area contributed by atoms with E-state index in [0.717, 1.165) is 38.0 Å². The van der Waals surface area contributed by atoms with Gasteiger partial charge in [-0.25, -0.2) is 4.79 Å². The molecular formula is C24H33N3O. The fourth-order valence-electron chi connectivity index (χ4n) is 3.88. The van der Waals surface area contributed by atoms with E-state index in [2.05, 4.69) is 78.8 Å². The Labute approximate surface area is 169 Å². The maximum atomic E-state index is 12.7. The van der Waals surface area contributed by atoms with E-state index in [9.17, 15) is 4.79 Å². The maximum Gasteiger partial charge on any atom is 0.315 e. The van der Waals surface area contributed by atoms with Crippen LogP contribution < -0.4 is 10.6 Å². The lowest BCUT2D eigenvalue weighted by Gasteiger charge is -2.35. The summed E-state index contributed by atoms with van der Waals surface area (Å²) in [5.41, 5.74) is 2.43. The van der Waals surface area contributed by atoms with Crippen LogP contribution in [0.4, 0.5) is 4.79 Å². The Balaban J connectivity index is 1.49. The van der Waals surface area contributed by atoms with Gasteiger partial charge in [-0.1, -0.05) is 81.4 Å². The van der Waals surface area contributed by atoms with Crippen LogP contribution in [0.5, 0.6) is 0 Å². The molecule has 1 heterocycles. The van der Waals surface area contributed by atoms with E-state index in [1.807, 2.05) is 18.2 Å². The molecule has 2 amide bonds. The number of hydrogen-bond donors (Lipinski definition) is 2. The molecule has 2 aromatic rings. The molecule has 28 heavy (non-hydrogen) atoms. The lowest BCUT2D eigenvalue weighted by molar-refractivity contribution is 0.181. The molecule has 3 rings (SSSR count). The van der Waals surface area contributed by atoms with Crippen molar-refractivity contribution >= 4 is 6.03 Å². The molecule has 0 bridgehead atoms. The summed E-state index contributed by atoms with van der Waals surface area (Å²) in [5.74, 6) is 0. The zero-order valence-electron chi connectivity index (χ0n) is 17.3. The Hall–Kier alpha value is -2.33. The van der Waals surface area contributed by atoms with Gasteiger partial charge in [0.05, 0.1) is 6.04 Å². The summed E-state index contributed by atoms with van der Waals surface area (Å²) in [7, 11) is 0. The van der Waals surface area contributed by atoms with Gasteiger partial charge >= 0.3 is 6.03 Å². The van der Waals surface area contributed by atoms with Crippen LogP contribution in [0.3, 0.4) is 0 Å². The van der Waals surface area contributed by atoms with Crippen molar-refractivity contribution in [2.45, 2.75) is 52.2 Å². The Bertz CT molecular complexity index is 731. The van der Waals surface area contributed by atoms with Crippen LogP contribution >= 0.6 is 0 Å². The molecular weight excluding hydrogens is 346 g/mol. The molecule has 0 aliphatic carbocycles. The van der Waals surface area contributed by atoms with E-state index in [0.29, 0.717) is 0 Å². The Kier molecular flexibility index (Phi) is 6.74. The number of nitrogens with zero attached hydrogens (tertiary/aromatic N) is 1. The fraction of sp³-hybridized carbons (Fsp3) is 0.458. The summed E-state index contributed by atoms with van der Waals surface area (Å²) < 4.78 is 0. The normalized spacial score (nSPS) is 17.1. The first-order valence-electron chi connectivity index (χ1n) is 10.3. The quantitative estimate of drug-likeness (QED) is 0.788. The molecule has 0 radical (unpaired) electrons. The molecule has 1 aliphatic heterocycles. The SMILES string of the molecule is CC(C)(C)[C@@H](NC(=O)NC1CCN(Cc2ccccc2)CC1)c1ccccc1. The van der Waals surface area contributed by atoms with Gasteiger partial charge in [0, 0.05) is 25.7 Å². The van der Waals surface area contributed by atoms with Gasteiger partial charge in [0.2, 0.25) is 0 Å². The number of carbonyl (C=O) groups excluding carboxylic acids is 1. The van der Waals surface area contributed by atoms with Crippen molar-refractivity contribution in [1.29, 1.82) is 0 Å². The van der Waals surface area contributed by atoms with E-state index < -0.39 is 0 Å². The average Bonchev–Trinajstić information content (AvgIpc) is 2.68. The number of benzene rings is 2. The number of piperidine rings is 1. The minimum atomic E-state index is -0.0645. The third-order valence-corrected chi connectivity index (χ3v) is 5.45. The molecule has 0 spiro atoms. The monoisotopic (exact) mass is 379 g/mol. The second kappa shape index (κ2) is 9.24. The molecule has 0 unspecified atom stereocenters. The van der Waals surface area contributed by atoms with Crippen LogP contribution in [0, 0.1) is 5.41 Å². The Morgan fingerprint density at radius 2 is 1.57 bits per heavy atom. The number of carbonyl (C=O) groups is 1. The van der Waals surface area contributed by atoms with Crippen molar-refractivity contribution in [3.8, 4) is 0 Å². The van der Waals surface area contributed by atoms with Gasteiger partial charge in [-0.05, 0) is 29.4 Å². The number of rotatable bonds is 5. The highest BCUT2D eigenvalue weighted by atomic mass is 16.2. The summed E-state index contributed by atoms with van der Waals surface area (Å²) >= 11 is 0. The van der Waals surface area contributed by atoms with Gasteiger partial charge in [0.25, 0.3) is 0 Å². The summed E-state index contributed by atoms with van der Waals surface area (Å²) in [6.45, 7) is 9.50. The highest BCUT2D eigenvalue weighted by molar-refractivity contribution is 5.75. The topological polar surface area (TPSA) is 44.4 Å². The predicted octanol–water partition coefficient (Wildman–Crippen LogP) is 4.74. The molecule has 4 heteroatoms. The van der Waals surface area contributed by atoms with E-state index in [1.54, 1.807) is 0 Å². The van der Waals surface area contributed by atoms with Crippen molar-refractivity contribution in [2.75, 3.05) is 13.1 Å². The van der Waals surface area contributed by atoms with Gasteiger partial charge in [0.1, 0.15) is 0 Å². The molecule has 0 saturated carbocycles. The molecule has 1 saturated heterocycles. The van der Waals surface area contributed by atoms with Gasteiger partial charge < -0.3 is 10.6 Å². The van der Waals surface area contributed by atoms with E-state index in [-0.39, 0.29) is 23.5 Å². The summed E-state index contributed by atoms with van der Waals surface area (Å²) in [6.07, 6.45) is 1.98. The van der Waals surface area contributed by atoms with Crippen molar-refractivity contribution in [3.63, 3.8) is 0 Å². The Morgan fingerprint density at radius 1 is 1.00 bits per heavy atom. The predicted molar refractivity (Wildman–Crippen MR) is 115 cm³/mol. The van der Waals surface area contributed by atoms with E-state index >= 15 is 0 Å². The van der Waals surface area contributed by atoms with Crippen molar-refractivity contribution in [3.05, 3.63) is 71.8 Å². The van der Waals surface area contributed by atoms with Crippen molar-refractivity contribution in [2.24, 2.45) is 5.41 Å². The van der Waals surface area contributed by atoms with Crippen LogP contribution in [0.25, 0.3) is 0 Å². The summed E-state index contributed by atoms with van der Waals surface area (Å²) in [4.78, 5) is 15.1. The smallest absolute Gasteiger partial charge is 0.315 e. The fourth-order valence-corrected chi connectivity index (χ4v) is 3.88. The third kappa shape index (κ3) is 5.83. The third-order valence-electron chi connectivity index (χ3n) is 5.45. The molecule has 0 aromatic heterocycles. The van der Waals surface area contributed by atoms with Crippen LogP contribution in [0.15, 0.2) is 60.7 Å². The first-order valence-corrected chi connectivity index (χ1v) is 10.3. The molecule has 150 valence electrons. The number of hydrogen-bond acceptors (Lipinski definition) is 2. The minimum Gasteiger partial charge on any atom is -0.335 e. The van der Waals surface area contributed by atoms with Crippen LogP contribution in [-0.4, -0.2) is 30.1 Å². The van der Waals surface area contributed by atoms with E-state index in [1.165, 1.54) is 5.56 Å². The number of urea groups is 1. The van der Waals surface area contributed by atoms with Gasteiger partial charge in [-0.2, -0.15) is 0 Å². The lowest BCUT2D eigenvalue weighted by Crippen LogP contribution is -2.49. The number of likely N-dealkylation sites (tertiary alicyclic amines) is 1. The molecule has 2 N–H and O–H groups in total. The standard InChI is InChI=1S/C24H33N3O/c1-24(2,3)22(20-12-8-5-9-13-20)26-23(28)25-21-14-16-27(17-15-21)18-19-10-6-4-7-11-19/h4-13,21-22H,14-18H2,1-3H3,(H2,25,26,28)/t22-/m0/s1. The van der Waals surface area contributed by atoms with Crippen LogP contribution in [0.2, 0.25) is 0 Å². The van der Waals surface area contributed by atoms with Crippen LogP contribution in [0.1, 0.15) is 50.8 Å². The van der Waals surface area contributed by atoms with Gasteiger partial charge in [-0.3, -0.25) is 4.90 Å². The first-order chi connectivity index (χ1) is 13.4. The average molecular weight is 380 g/mol. The van der Waals surface area contributed by atoms with Crippen LogP contribution in [-0.2, 0) is 6.54 Å². The number of amides is 2. The first kappa shape index (κ1) is 20.4. The largest absolute Gasteiger partial charge is 0.335 e. The van der Waals surface area contributed by atoms with Crippen molar-refractivity contribution < 1.29 is 4.79 Å².